The summed E-state index contributed by atoms with van der Waals surface area (Å²) < 4.78 is 78.2. The van der Waals surface area contributed by atoms with Crippen LogP contribution < -0.4 is 26.6 Å². The molecular formula is C42H61N13O13P2Si. The number of imidazole rings is 2. The Kier molecular flexibility index (Phi) is 16.2. The Hall–Kier alpha value is -4.86. The number of aromatic amines is 2. The zero-order valence-electron chi connectivity index (χ0n) is 41.2. The molecule has 10 atom stereocenters. The standard InChI is InChI=1S/C42H61N13O13P2Si/c1-22(2)25(56)17-28-47-34-31(37(58)48-28)45-20-54(34)39-24(5)29-26(66-39)18-64-70(61,62-15-12-13-43)53-30-27(19-65-69(60,52-29)63-16-14-44-9)67-40(33(30)68-71(10,11)42(6,7)8)55-21-46-32-35(55)49-41(51-38(32)59)50-36(57)23(3)4/h20-24,26-27,29-30,33,39-40H,12,14-19H2,1-8,10-11H3,(H,52,60)(H,53,61)(H,47,48,58)(H2,49,50,51,57,59)/t24-,26-,27-,29+,30-,33-,39-,40-,69?,70?/m1/s1. The van der Waals surface area contributed by atoms with Crippen molar-refractivity contribution in [1.82, 2.24) is 49.2 Å². The van der Waals surface area contributed by atoms with Gasteiger partial charge in [-0.2, -0.15) is 10.2 Å². The van der Waals surface area contributed by atoms with Gasteiger partial charge in [-0.1, -0.05) is 55.4 Å². The number of carbonyl (C=O) groups excluding carboxylic acids is 2. The maximum absolute atomic E-state index is 15.3. The largest absolute Gasteiger partial charge is 0.408 e. The minimum absolute atomic E-state index is 0.00125. The second-order valence-electron chi connectivity index (χ2n) is 19.7. The van der Waals surface area contributed by atoms with Gasteiger partial charge in [0, 0.05) is 17.8 Å². The lowest BCUT2D eigenvalue weighted by Crippen LogP contribution is -2.53. The summed E-state index contributed by atoms with van der Waals surface area (Å²) >= 11 is 0. The molecule has 0 saturated carbocycles. The average molecular weight is 1050 g/mol. The number of ketones is 1. The van der Waals surface area contributed by atoms with Crippen molar-refractivity contribution in [2.75, 3.05) is 38.3 Å². The SMILES string of the molecule is [C-]#[N+]CCOP1(=O)N[C@H]2[C@@H](C)[C@H](n3cnc4c(=O)[nH]c(CC(=O)C(C)C)nc43)O[C@@H]2COP(=O)(OCCC#N)N[C@H]2[C@@H](O[Si](C)(C)C(C)(C)C)[C@H](n3cnc4c(=O)[nH]c(NC(=O)C(C)C)nc43)O[C@@H]2CO1. The molecule has 4 aromatic rings. The van der Waals surface area contributed by atoms with Crippen molar-refractivity contribution >= 4 is 63.8 Å². The predicted octanol–water partition coefficient (Wildman–Crippen LogP) is 4.48. The third-order valence-corrected chi connectivity index (χ3v) is 20.6. The molecule has 0 radical (unpaired) electrons. The first-order valence-electron chi connectivity index (χ1n) is 23.2. The third-order valence-electron chi connectivity index (χ3n) is 12.9. The maximum atomic E-state index is 15.3. The van der Waals surface area contributed by atoms with Gasteiger partial charge in [0.25, 0.3) is 11.1 Å². The summed E-state index contributed by atoms with van der Waals surface area (Å²) in [4.78, 5) is 78.3. The molecule has 386 valence electrons. The number of nitrogens with zero attached hydrogens (tertiary/aromatic N) is 8. The summed E-state index contributed by atoms with van der Waals surface area (Å²) in [5.74, 6) is -2.06. The zero-order chi connectivity index (χ0) is 51.8. The summed E-state index contributed by atoms with van der Waals surface area (Å²) in [7, 11) is -11.9. The number of fused-ring (bicyclic) bond motifs is 4. The Morgan fingerprint density at radius 3 is 2.07 bits per heavy atom. The summed E-state index contributed by atoms with van der Waals surface area (Å²) in [6.07, 6.45) is -3.37. The third kappa shape index (κ3) is 11.7. The lowest BCUT2D eigenvalue weighted by Gasteiger charge is -2.41. The van der Waals surface area contributed by atoms with Crippen molar-refractivity contribution in [1.29, 1.82) is 5.26 Å². The smallest absolute Gasteiger partial charge is 0.406 e. The molecule has 1 amide bonds. The topological polar surface area (TPSA) is 324 Å². The quantitative estimate of drug-likeness (QED) is 0.0474. The molecule has 0 aromatic carbocycles. The first-order chi connectivity index (χ1) is 33.4. The fourth-order valence-corrected chi connectivity index (χ4v) is 12.4. The second-order valence-corrected chi connectivity index (χ2v) is 28.0. The van der Waals surface area contributed by atoms with E-state index >= 15 is 9.13 Å². The molecule has 0 spiro atoms. The molecule has 5 N–H and O–H groups in total. The number of aromatic nitrogens is 8. The molecule has 71 heavy (non-hydrogen) atoms. The molecule has 0 aliphatic carbocycles. The van der Waals surface area contributed by atoms with Crippen molar-refractivity contribution in [3.63, 3.8) is 0 Å². The highest BCUT2D eigenvalue weighted by Gasteiger charge is 2.56. The van der Waals surface area contributed by atoms with Crippen LogP contribution in [0.25, 0.3) is 27.2 Å². The van der Waals surface area contributed by atoms with Crippen LogP contribution >= 0.6 is 15.5 Å². The van der Waals surface area contributed by atoms with Gasteiger partial charge < -0.3 is 23.7 Å². The summed E-state index contributed by atoms with van der Waals surface area (Å²) in [6, 6.07) is -0.227. The van der Waals surface area contributed by atoms with Crippen molar-refractivity contribution in [2.24, 2.45) is 17.8 Å². The highest BCUT2D eigenvalue weighted by Crippen LogP contribution is 2.54. The summed E-state index contributed by atoms with van der Waals surface area (Å²) in [6.45, 7) is 24.1. The average Bonchev–Trinajstić information content (AvgIpc) is 4.06. The number of H-pyrrole nitrogens is 2. The molecule has 29 heteroatoms. The Morgan fingerprint density at radius 1 is 0.915 bits per heavy atom. The van der Waals surface area contributed by atoms with Gasteiger partial charge in [0.05, 0.1) is 63.5 Å². The Labute approximate surface area is 409 Å². The maximum Gasteiger partial charge on any atom is 0.406 e. The highest BCUT2D eigenvalue weighted by molar-refractivity contribution is 7.52. The van der Waals surface area contributed by atoms with E-state index in [1.54, 1.807) is 34.6 Å². The van der Waals surface area contributed by atoms with Gasteiger partial charge in [0.2, 0.25) is 18.4 Å². The van der Waals surface area contributed by atoms with Gasteiger partial charge in [-0.05, 0) is 18.1 Å². The van der Waals surface area contributed by atoms with E-state index in [0.29, 0.717) is 0 Å². The van der Waals surface area contributed by atoms with Gasteiger partial charge in [-0.15, -0.1) is 0 Å². The van der Waals surface area contributed by atoms with E-state index in [4.69, 9.17) is 38.6 Å². The molecule has 3 aliphatic heterocycles. The molecular weight excluding hydrogens is 985 g/mol. The molecule has 3 fully saturated rings. The van der Waals surface area contributed by atoms with Gasteiger partial charge in [-0.25, -0.2) is 40.8 Å². The van der Waals surface area contributed by atoms with Gasteiger partial charge in [0.15, 0.2) is 36.9 Å². The number of anilines is 1. The molecule has 3 aliphatic rings. The van der Waals surface area contributed by atoms with Gasteiger partial charge in [0.1, 0.15) is 42.8 Å². The number of nitriles is 1. The number of hydrogen-bond donors (Lipinski definition) is 5. The fourth-order valence-electron chi connectivity index (χ4n) is 7.86. The number of nitrogens with one attached hydrogen (secondary N) is 5. The second kappa shape index (κ2) is 21.3. The van der Waals surface area contributed by atoms with Crippen molar-refractivity contribution in [2.45, 2.75) is 129 Å². The molecule has 26 nitrogen and oxygen atoms in total. The van der Waals surface area contributed by atoms with Crippen LogP contribution in [0, 0.1) is 35.7 Å². The molecule has 0 bridgehead atoms. The number of rotatable bonds is 15. The zero-order valence-corrected chi connectivity index (χ0v) is 43.9. The van der Waals surface area contributed by atoms with Crippen LogP contribution in [0.2, 0.25) is 18.1 Å². The Bertz CT molecular complexity index is 2940. The fraction of sp³-hybridized carbons (Fsp3) is 0.667. The minimum Gasteiger partial charge on any atom is -0.408 e. The van der Waals surface area contributed by atoms with Crippen LogP contribution in [0.15, 0.2) is 22.2 Å². The van der Waals surface area contributed by atoms with E-state index in [2.05, 4.69) is 50.2 Å². The number of Topliss-reactive ketones (excluding diaryl/α,β-unsaturated/α-hetero) is 1. The van der Waals surface area contributed by atoms with Gasteiger partial charge >= 0.3 is 15.5 Å². The van der Waals surface area contributed by atoms with E-state index in [1.165, 1.54) is 21.8 Å². The van der Waals surface area contributed by atoms with Crippen LogP contribution in [-0.2, 0) is 57.1 Å². The van der Waals surface area contributed by atoms with Gasteiger partial charge in [-0.3, -0.25) is 56.7 Å². The number of ether oxygens (including phenoxy) is 2. The molecule has 3 saturated heterocycles. The molecule has 7 heterocycles. The van der Waals surface area contributed by atoms with Crippen LogP contribution in [0.4, 0.5) is 5.95 Å². The first-order valence-corrected chi connectivity index (χ1v) is 29.2. The van der Waals surface area contributed by atoms with Crippen molar-refractivity contribution in [3.05, 3.63) is 50.6 Å². The summed E-state index contributed by atoms with van der Waals surface area (Å²) in [5, 5.41) is 17.8. The van der Waals surface area contributed by atoms with E-state index in [1.807, 2.05) is 39.9 Å². The predicted molar refractivity (Wildman–Crippen MR) is 257 cm³/mol. The Balaban J connectivity index is 1.32. The van der Waals surface area contributed by atoms with E-state index in [0.717, 1.165) is 0 Å². The van der Waals surface area contributed by atoms with Crippen LogP contribution in [0.5, 0.6) is 0 Å². The number of carbonyl (C=O) groups is 2. The van der Waals surface area contributed by atoms with Crippen LogP contribution in [0.1, 0.15) is 80.1 Å². The first kappa shape index (κ1) is 53.9. The van der Waals surface area contributed by atoms with Crippen LogP contribution in [0.3, 0.4) is 0 Å². The monoisotopic (exact) mass is 1050 g/mol. The van der Waals surface area contributed by atoms with E-state index < -0.39 is 114 Å². The molecule has 4 aromatic heterocycles. The van der Waals surface area contributed by atoms with Crippen molar-refractivity contribution < 1.29 is 50.7 Å². The Morgan fingerprint density at radius 2 is 1.48 bits per heavy atom. The van der Waals surface area contributed by atoms with E-state index in [-0.39, 0.29) is 78.4 Å². The van der Waals surface area contributed by atoms with Crippen molar-refractivity contribution in [3.8, 4) is 6.07 Å². The highest BCUT2D eigenvalue weighted by atomic mass is 31.2. The lowest BCUT2D eigenvalue weighted by molar-refractivity contribution is -0.121. The minimum atomic E-state index is -4.57. The van der Waals surface area contributed by atoms with E-state index in [9.17, 15) is 24.4 Å². The number of amides is 1. The normalized spacial score (nSPS) is 28.5. The lowest BCUT2D eigenvalue weighted by atomic mass is 10.00. The summed E-state index contributed by atoms with van der Waals surface area (Å²) in [5.41, 5.74) is -1.27. The number of hydrogen-bond acceptors (Lipinski definition) is 18. The van der Waals surface area contributed by atoms with Crippen LogP contribution in [-0.4, -0.2) is 122 Å². The molecule has 7 rings (SSSR count). The molecule has 2 unspecified atom stereocenters.